The summed E-state index contributed by atoms with van der Waals surface area (Å²) in [4.78, 5) is 11.6. The fourth-order valence-electron chi connectivity index (χ4n) is 1.46. The number of ether oxygens (including phenoxy) is 1. The summed E-state index contributed by atoms with van der Waals surface area (Å²) in [5, 5.41) is 1.34. The van der Waals surface area contributed by atoms with Crippen LogP contribution in [0.25, 0.3) is 0 Å². The number of carbonyl (C=O) groups is 1. The van der Waals surface area contributed by atoms with Crippen LogP contribution in [0.1, 0.15) is 27.2 Å². The van der Waals surface area contributed by atoms with Crippen LogP contribution in [0, 0.1) is 0 Å². The van der Waals surface area contributed by atoms with Crippen molar-refractivity contribution in [1.82, 2.24) is 0 Å². The minimum absolute atomic E-state index is 0.0946. The zero-order valence-electron chi connectivity index (χ0n) is 11.1. The van der Waals surface area contributed by atoms with Crippen LogP contribution >= 0.6 is 7.92 Å². The Morgan fingerprint density at radius 2 is 1.82 bits per heavy atom. The lowest BCUT2D eigenvalue weighted by molar-refractivity contribution is -0.154. The molecule has 0 saturated heterocycles. The molecule has 94 valence electrons. The van der Waals surface area contributed by atoms with Gasteiger partial charge in [-0.15, -0.1) is 0 Å². The molecule has 0 aromatic heterocycles. The van der Waals surface area contributed by atoms with Gasteiger partial charge in [-0.3, -0.25) is 4.79 Å². The first kappa shape index (κ1) is 14.2. The highest BCUT2D eigenvalue weighted by molar-refractivity contribution is 7.64. The molecule has 1 rings (SSSR count). The molecule has 1 aromatic rings. The molecule has 3 heteroatoms. The molecule has 0 saturated carbocycles. The third kappa shape index (κ3) is 5.83. The van der Waals surface area contributed by atoms with E-state index in [1.54, 1.807) is 0 Å². The Hall–Kier alpha value is -0.880. The number of rotatable bonds is 4. The average Bonchev–Trinajstić information content (AvgIpc) is 2.25. The molecule has 0 amide bonds. The van der Waals surface area contributed by atoms with Crippen molar-refractivity contribution in [2.45, 2.75) is 32.8 Å². The fraction of sp³-hybridized carbons (Fsp3) is 0.500. The van der Waals surface area contributed by atoms with E-state index in [0.717, 1.165) is 6.16 Å². The lowest BCUT2D eigenvalue weighted by Crippen LogP contribution is -2.24. The SMILES string of the molecule is CP(CCC(=O)OC(C)(C)C)c1ccccc1. The van der Waals surface area contributed by atoms with Crippen molar-refractivity contribution >= 4 is 19.2 Å². The highest BCUT2D eigenvalue weighted by Gasteiger charge is 2.16. The Kier molecular flexibility index (Phi) is 5.14. The topological polar surface area (TPSA) is 26.3 Å². The van der Waals surface area contributed by atoms with E-state index in [9.17, 15) is 4.79 Å². The number of esters is 1. The summed E-state index contributed by atoms with van der Waals surface area (Å²) >= 11 is 0. The molecular formula is C14H21O2P. The quantitative estimate of drug-likeness (QED) is 0.608. The average molecular weight is 252 g/mol. The molecule has 0 spiro atoms. The lowest BCUT2D eigenvalue weighted by Gasteiger charge is -2.20. The molecule has 0 N–H and O–H groups in total. The van der Waals surface area contributed by atoms with Crippen molar-refractivity contribution in [3.63, 3.8) is 0 Å². The van der Waals surface area contributed by atoms with Crippen molar-refractivity contribution in [1.29, 1.82) is 0 Å². The second kappa shape index (κ2) is 6.16. The fourth-order valence-corrected chi connectivity index (χ4v) is 2.92. The summed E-state index contributed by atoms with van der Waals surface area (Å²) in [6.07, 6.45) is 1.41. The molecule has 1 atom stereocenters. The van der Waals surface area contributed by atoms with Crippen LogP contribution in [0.2, 0.25) is 0 Å². The maximum atomic E-state index is 11.6. The van der Waals surface area contributed by atoms with Gasteiger partial charge in [0, 0.05) is 6.42 Å². The number of carbonyl (C=O) groups excluding carboxylic acids is 1. The molecule has 0 radical (unpaired) electrons. The van der Waals surface area contributed by atoms with Crippen LogP contribution in [0.3, 0.4) is 0 Å². The maximum Gasteiger partial charge on any atom is 0.306 e. The van der Waals surface area contributed by atoms with Crippen LogP contribution in [0.5, 0.6) is 0 Å². The number of benzene rings is 1. The van der Waals surface area contributed by atoms with Crippen LogP contribution in [-0.2, 0) is 9.53 Å². The second-order valence-electron chi connectivity index (χ2n) is 5.09. The van der Waals surface area contributed by atoms with Gasteiger partial charge in [-0.1, -0.05) is 38.3 Å². The van der Waals surface area contributed by atoms with Crippen molar-refractivity contribution in [3.05, 3.63) is 30.3 Å². The molecule has 0 fully saturated rings. The van der Waals surface area contributed by atoms with Gasteiger partial charge in [-0.2, -0.15) is 0 Å². The van der Waals surface area contributed by atoms with Gasteiger partial charge in [-0.05, 0) is 38.9 Å². The number of hydrogen-bond acceptors (Lipinski definition) is 2. The second-order valence-corrected chi connectivity index (χ2v) is 7.45. The minimum Gasteiger partial charge on any atom is -0.460 e. The molecule has 1 aromatic carbocycles. The summed E-state index contributed by atoms with van der Waals surface area (Å²) in [6.45, 7) is 7.90. The van der Waals surface area contributed by atoms with Gasteiger partial charge in [0.25, 0.3) is 0 Å². The van der Waals surface area contributed by atoms with Gasteiger partial charge in [0.15, 0.2) is 0 Å². The maximum absolute atomic E-state index is 11.6. The molecule has 0 aliphatic heterocycles. The molecule has 0 bridgehead atoms. The summed E-state index contributed by atoms with van der Waals surface area (Å²) < 4.78 is 5.30. The van der Waals surface area contributed by atoms with E-state index in [4.69, 9.17) is 4.74 Å². The van der Waals surface area contributed by atoms with E-state index in [1.165, 1.54) is 5.30 Å². The van der Waals surface area contributed by atoms with Gasteiger partial charge in [0.1, 0.15) is 5.60 Å². The first-order valence-electron chi connectivity index (χ1n) is 5.86. The molecule has 0 aliphatic carbocycles. The lowest BCUT2D eigenvalue weighted by atomic mass is 10.2. The van der Waals surface area contributed by atoms with Gasteiger partial charge in [0.05, 0.1) is 0 Å². The standard InChI is InChI=1S/C14H21O2P/c1-14(2,3)16-13(15)10-11-17(4)12-8-6-5-7-9-12/h5-9H,10-11H2,1-4H3. The largest absolute Gasteiger partial charge is 0.460 e. The van der Waals surface area contributed by atoms with Crippen molar-refractivity contribution in [2.24, 2.45) is 0 Å². The normalized spacial score (nSPS) is 13.2. The highest BCUT2D eigenvalue weighted by atomic mass is 31.1. The third-order valence-electron chi connectivity index (χ3n) is 2.27. The predicted molar refractivity (Wildman–Crippen MR) is 74.2 cm³/mol. The zero-order chi connectivity index (χ0) is 12.9. The van der Waals surface area contributed by atoms with Crippen molar-refractivity contribution < 1.29 is 9.53 Å². The molecular weight excluding hydrogens is 231 g/mol. The summed E-state index contributed by atoms with van der Waals surface area (Å²) in [5.41, 5.74) is -0.375. The first-order chi connectivity index (χ1) is 7.88. The molecule has 0 heterocycles. The monoisotopic (exact) mass is 252 g/mol. The van der Waals surface area contributed by atoms with Gasteiger partial charge < -0.3 is 4.74 Å². The Balaban J connectivity index is 2.39. The minimum atomic E-state index is -0.375. The Morgan fingerprint density at radius 1 is 1.24 bits per heavy atom. The smallest absolute Gasteiger partial charge is 0.306 e. The van der Waals surface area contributed by atoms with E-state index < -0.39 is 0 Å². The third-order valence-corrected chi connectivity index (χ3v) is 4.34. The van der Waals surface area contributed by atoms with Gasteiger partial charge >= 0.3 is 5.97 Å². The van der Waals surface area contributed by atoms with E-state index in [-0.39, 0.29) is 19.5 Å². The summed E-state index contributed by atoms with van der Waals surface area (Å²) in [6, 6.07) is 10.4. The molecule has 2 nitrogen and oxygen atoms in total. The Labute approximate surface area is 105 Å². The van der Waals surface area contributed by atoms with Crippen LogP contribution in [-0.4, -0.2) is 24.4 Å². The van der Waals surface area contributed by atoms with E-state index >= 15 is 0 Å². The zero-order valence-corrected chi connectivity index (χ0v) is 12.0. The summed E-state index contributed by atoms with van der Waals surface area (Å²) in [5.74, 6) is -0.0946. The van der Waals surface area contributed by atoms with E-state index in [1.807, 2.05) is 39.0 Å². The van der Waals surface area contributed by atoms with Crippen LogP contribution < -0.4 is 5.30 Å². The van der Waals surface area contributed by atoms with Gasteiger partial charge in [-0.25, -0.2) is 0 Å². The molecule has 17 heavy (non-hydrogen) atoms. The Morgan fingerprint density at radius 3 is 2.35 bits per heavy atom. The predicted octanol–water partition coefficient (Wildman–Crippen LogP) is 3.16. The highest BCUT2D eigenvalue weighted by Crippen LogP contribution is 2.30. The molecule has 0 aliphatic rings. The molecule has 1 unspecified atom stereocenters. The van der Waals surface area contributed by atoms with E-state index in [0.29, 0.717) is 6.42 Å². The van der Waals surface area contributed by atoms with Crippen molar-refractivity contribution in [3.8, 4) is 0 Å². The van der Waals surface area contributed by atoms with Crippen molar-refractivity contribution in [2.75, 3.05) is 12.8 Å². The number of hydrogen-bond donors (Lipinski definition) is 0. The van der Waals surface area contributed by atoms with Gasteiger partial charge in [0.2, 0.25) is 0 Å². The van der Waals surface area contributed by atoms with Crippen LogP contribution in [0.4, 0.5) is 0 Å². The summed E-state index contributed by atoms with van der Waals surface area (Å²) in [7, 11) is -0.251. The first-order valence-corrected chi connectivity index (χ1v) is 7.84. The van der Waals surface area contributed by atoms with E-state index in [2.05, 4.69) is 18.8 Å². The Bertz CT molecular complexity index is 354. The van der Waals surface area contributed by atoms with Crippen LogP contribution in [0.15, 0.2) is 30.3 Å².